The lowest BCUT2D eigenvalue weighted by Crippen LogP contribution is -2.52. The van der Waals surface area contributed by atoms with E-state index in [9.17, 15) is 9.59 Å². The summed E-state index contributed by atoms with van der Waals surface area (Å²) in [5.74, 6) is 0.590. The first-order valence-electron chi connectivity index (χ1n) is 7.45. The molecule has 4 N–H and O–H groups in total. The first-order valence-corrected chi connectivity index (χ1v) is 7.45. The van der Waals surface area contributed by atoms with E-state index in [0.29, 0.717) is 13.0 Å². The molecule has 3 amide bonds. The Morgan fingerprint density at radius 2 is 2.00 bits per heavy atom. The van der Waals surface area contributed by atoms with E-state index >= 15 is 0 Å². The molecule has 0 aliphatic heterocycles. The highest BCUT2D eigenvalue weighted by Gasteiger charge is 2.24. The minimum Gasteiger partial charge on any atom is -0.496 e. The molecule has 0 saturated heterocycles. The number of carbonyl (C=O) groups is 2. The van der Waals surface area contributed by atoms with Crippen LogP contribution in [0.1, 0.15) is 25.8 Å². The molecule has 6 heteroatoms. The molecule has 0 bridgehead atoms. The molecule has 0 aliphatic carbocycles. The van der Waals surface area contributed by atoms with Gasteiger partial charge in [0.2, 0.25) is 5.91 Å². The van der Waals surface area contributed by atoms with E-state index in [2.05, 4.69) is 10.6 Å². The van der Waals surface area contributed by atoms with Gasteiger partial charge in [0, 0.05) is 6.54 Å². The monoisotopic (exact) mass is 307 g/mol. The zero-order chi connectivity index (χ0) is 16.5. The van der Waals surface area contributed by atoms with Gasteiger partial charge in [-0.3, -0.25) is 4.79 Å². The fourth-order valence-corrected chi connectivity index (χ4v) is 2.20. The van der Waals surface area contributed by atoms with Gasteiger partial charge in [0.05, 0.1) is 7.11 Å². The summed E-state index contributed by atoms with van der Waals surface area (Å²) in [6, 6.07) is 6.37. The number of ether oxygens (including phenoxy) is 1. The maximum atomic E-state index is 12.2. The van der Waals surface area contributed by atoms with Crippen LogP contribution in [0.15, 0.2) is 24.3 Å². The van der Waals surface area contributed by atoms with Crippen molar-refractivity contribution in [3.8, 4) is 5.75 Å². The number of amides is 3. The normalized spacial score (nSPS) is 13.0. The summed E-state index contributed by atoms with van der Waals surface area (Å²) in [5, 5.41) is 5.34. The summed E-state index contributed by atoms with van der Waals surface area (Å²) in [7, 11) is 1.62. The van der Waals surface area contributed by atoms with Gasteiger partial charge in [0.15, 0.2) is 0 Å². The predicted octanol–water partition coefficient (Wildman–Crippen LogP) is 1.44. The van der Waals surface area contributed by atoms with Crippen molar-refractivity contribution in [3.63, 3.8) is 0 Å². The summed E-state index contributed by atoms with van der Waals surface area (Å²) in [6.45, 7) is 4.33. The fourth-order valence-electron chi connectivity index (χ4n) is 2.20. The van der Waals surface area contributed by atoms with Gasteiger partial charge in [-0.1, -0.05) is 38.5 Å². The second-order valence-corrected chi connectivity index (χ2v) is 5.22. The van der Waals surface area contributed by atoms with Gasteiger partial charge in [-0.25, -0.2) is 4.79 Å². The lowest BCUT2D eigenvalue weighted by Gasteiger charge is -2.22. The SMILES string of the molecule is CCC(C)C(NC(N)=O)C(=O)NCCc1ccccc1OC. The average Bonchev–Trinajstić information content (AvgIpc) is 2.52. The molecule has 6 nitrogen and oxygen atoms in total. The molecule has 0 saturated carbocycles. The Labute approximate surface area is 131 Å². The Hall–Kier alpha value is -2.24. The molecule has 0 fully saturated rings. The second-order valence-electron chi connectivity index (χ2n) is 5.22. The highest BCUT2D eigenvalue weighted by atomic mass is 16.5. The largest absolute Gasteiger partial charge is 0.496 e. The van der Waals surface area contributed by atoms with Crippen molar-refractivity contribution in [1.82, 2.24) is 10.6 Å². The van der Waals surface area contributed by atoms with Crippen molar-refractivity contribution < 1.29 is 14.3 Å². The van der Waals surface area contributed by atoms with Gasteiger partial charge >= 0.3 is 6.03 Å². The second kappa shape index (κ2) is 8.92. The Morgan fingerprint density at radius 3 is 2.59 bits per heavy atom. The molecule has 1 aromatic rings. The molecule has 0 aliphatic rings. The van der Waals surface area contributed by atoms with Crippen molar-refractivity contribution in [2.45, 2.75) is 32.7 Å². The van der Waals surface area contributed by atoms with Crippen LogP contribution in [0.5, 0.6) is 5.75 Å². The number of urea groups is 1. The van der Waals surface area contributed by atoms with Gasteiger partial charge in [-0.05, 0) is 24.0 Å². The molecular formula is C16H25N3O3. The van der Waals surface area contributed by atoms with Crippen molar-refractivity contribution in [1.29, 1.82) is 0 Å². The van der Waals surface area contributed by atoms with Gasteiger partial charge < -0.3 is 21.1 Å². The van der Waals surface area contributed by atoms with Crippen LogP contribution in [0.2, 0.25) is 0 Å². The van der Waals surface area contributed by atoms with Crippen molar-refractivity contribution in [2.24, 2.45) is 11.7 Å². The first kappa shape index (κ1) is 17.8. The summed E-state index contributed by atoms with van der Waals surface area (Å²) in [5.41, 5.74) is 6.16. The number of para-hydroxylation sites is 1. The molecule has 1 rings (SSSR count). The molecule has 0 radical (unpaired) electrons. The number of carbonyl (C=O) groups excluding carboxylic acids is 2. The van der Waals surface area contributed by atoms with E-state index in [-0.39, 0.29) is 11.8 Å². The number of methoxy groups -OCH3 is 1. The minimum atomic E-state index is -0.690. The number of benzene rings is 1. The quantitative estimate of drug-likeness (QED) is 0.678. The molecule has 1 aromatic carbocycles. The first-order chi connectivity index (χ1) is 10.5. The third-order valence-corrected chi connectivity index (χ3v) is 3.68. The zero-order valence-corrected chi connectivity index (χ0v) is 13.4. The summed E-state index contributed by atoms with van der Waals surface area (Å²) in [6.07, 6.45) is 1.42. The zero-order valence-electron chi connectivity index (χ0n) is 13.4. The van der Waals surface area contributed by atoms with E-state index in [1.165, 1.54) is 0 Å². The lowest BCUT2D eigenvalue weighted by atomic mass is 9.98. The number of hydrogen-bond donors (Lipinski definition) is 3. The number of hydrogen-bond acceptors (Lipinski definition) is 3. The van der Waals surface area contributed by atoms with Crippen LogP contribution in [0.4, 0.5) is 4.79 Å². The van der Waals surface area contributed by atoms with Crippen LogP contribution in [-0.2, 0) is 11.2 Å². The van der Waals surface area contributed by atoms with E-state index in [0.717, 1.165) is 17.7 Å². The van der Waals surface area contributed by atoms with Crippen LogP contribution < -0.4 is 21.1 Å². The molecular weight excluding hydrogens is 282 g/mol. The van der Waals surface area contributed by atoms with Gasteiger partial charge in [0.1, 0.15) is 11.8 Å². The third-order valence-electron chi connectivity index (χ3n) is 3.68. The maximum absolute atomic E-state index is 12.2. The van der Waals surface area contributed by atoms with Crippen molar-refractivity contribution in [2.75, 3.05) is 13.7 Å². The summed E-state index contributed by atoms with van der Waals surface area (Å²) < 4.78 is 5.27. The molecule has 2 atom stereocenters. The highest BCUT2D eigenvalue weighted by molar-refractivity contribution is 5.86. The number of nitrogens with two attached hydrogens (primary N) is 1. The van der Waals surface area contributed by atoms with Gasteiger partial charge in [0.25, 0.3) is 0 Å². The number of rotatable bonds is 8. The summed E-state index contributed by atoms with van der Waals surface area (Å²) >= 11 is 0. The average molecular weight is 307 g/mol. The molecule has 0 aromatic heterocycles. The van der Waals surface area contributed by atoms with Crippen LogP contribution in [0, 0.1) is 5.92 Å². The lowest BCUT2D eigenvalue weighted by molar-refractivity contribution is -0.124. The van der Waals surface area contributed by atoms with Crippen molar-refractivity contribution >= 4 is 11.9 Å². The van der Waals surface area contributed by atoms with Gasteiger partial charge in [-0.2, -0.15) is 0 Å². The number of primary amides is 1. The Balaban J connectivity index is 2.57. The van der Waals surface area contributed by atoms with Crippen LogP contribution in [-0.4, -0.2) is 31.6 Å². The van der Waals surface area contributed by atoms with Gasteiger partial charge in [-0.15, -0.1) is 0 Å². The Kier molecular flexibility index (Phi) is 7.22. The Morgan fingerprint density at radius 1 is 1.32 bits per heavy atom. The van der Waals surface area contributed by atoms with E-state index in [1.54, 1.807) is 7.11 Å². The predicted molar refractivity (Wildman–Crippen MR) is 85.7 cm³/mol. The standard InChI is InChI=1S/C16H25N3O3/c1-4-11(2)14(19-16(17)21)15(20)18-10-9-12-7-5-6-8-13(12)22-3/h5-8,11,14H,4,9-10H2,1-3H3,(H,18,20)(H3,17,19,21). The van der Waals surface area contributed by atoms with E-state index in [1.807, 2.05) is 38.1 Å². The molecule has 122 valence electrons. The molecule has 2 unspecified atom stereocenters. The summed E-state index contributed by atoms with van der Waals surface area (Å²) in [4.78, 5) is 23.2. The molecule has 22 heavy (non-hydrogen) atoms. The molecule has 0 spiro atoms. The Bertz CT molecular complexity index is 505. The van der Waals surface area contributed by atoms with Crippen LogP contribution >= 0.6 is 0 Å². The van der Waals surface area contributed by atoms with Crippen LogP contribution in [0.3, 0.4) is 0 Å². The topological polar surface area (TPSA) is 93.5 Å². The smallest absolute Gasteiger partial charge is 0.312 e. The van der Waals surface area contributed by atoms with E-state index < -0.39 is 12.1 Å². The maximum Gasteiger partial charge on any atom is 0.312 e. The molecule has 0 heterocycles. The number of nitrogens with one attached hydrogen (secondary N) is 2. The van der Waals surface area contributed by atoms with Crippen molar-refractivity contribution in [3.05, 3.63) is 29.8 Å². The van der Waals surface area contributed by atoms with E-state index in [4.69, 9.17) is 10.5 Å². The highest BCUT2D eigenvalue weighted by Crippen LogP contribution is 2.17. The fraction of sp³-hybridized carbons (Fsp3) is 0.500. The minimum absolute atomic E-state index is 0.0127. The van der Waals surface area contributed by atoms with Crippen LogP contribution in [0.25, 0.3) is 0 Å². The third kappa shape index (κ3) is 5.27.